The van der Waals surface area contributed by atoms with Crippen molar-refractivity contribution in [3.63, 3.8) is 0 Å². The van der Waals surface area contributed by atoms with Crippen LogP contribution in [-0.2, 0) is 9.47 Å². The molecule has 3 heterocycles. The fourth-order valence-electron chi connectivity index (χ4n) is 3.52. The molecule has 27 heavy (non-hydrogen) atoms. The number of rotatable bonds is 3. The lowest BCUT2D eigenvalue weighted by atomic mass is 10.0. The van der Waals surface area contributed by atoms with Gasteiger partial charge in [-0.1, -0.05) is 11.6 Å². The molecule has 0 atom stereocenters. The van der Waals surface area contributed by atoms with Crippen molar-refractivity contribution in [2.45, 2.75) is 25.6 Å². The summed E-state index contributed by atoms with van der Waals surface area (Å²) >= 11 is 5.99. The summed E-state index contributed by atoms with van der Waals surface area (Å²) in [5.74, 6) is -0.536. The Morgan fingerprint density at radius 3 is 2.56 bits per heavy atom. The number of amides is 1. The average molecular weight is 388 g/mol. The second-order valence-electron chi connectivity index (χ2n) is 6.92. The van der Waals surface area contributed by atoms with Crippen molar-refractivity contribution in [3.8, 4) is 0 Å². The predicted molar refractivity (Wildman–Crippen MR) is 103 cm³/mol. The van der Waals surface area contributed by atoms with Crippen LogP contribution in [0.5, 0.6) is 0 Å². The van der Waals surface area contributed by atoms with E-state index in [2.05, 4.69) is 10.3 Å². The Hall–Kier alpha value is -2.15. The number of nitrogens with zero attached hydrogens (tertiary/aromatic N) is 2. The van der Waals surface area contributed by atoms with Gasteiger partial charge in [0.1, 0.15) is 5.69 Å². The number of carbonyl (C=O) groups is 1. The SMILES string of the molecule is Cc1cc(Cl)ccc1Nc1ccc(C(=O)N2CCC3(CC2)OCCO3)nc1. The Morgan fingerprint density at radius 1 is 1.19 bits per heavy atom. The van der Waals surface area contributed by atoms with Crippen molar-refractivity contribution in [1.82, 2.24) is 9.88 Å². The zero-order valence-corrected chi connectivity index (χ0v) is 16.0. The summed E-state index contributed by atoms with van der Waals surface area (Å²) in [7, 11) is 0. The topological polar surface area (TPSA) is 63.7 Å². The lowest BCUT2D eigenvalue weighted by molar-refractivity contribution is -0.181. The third-order valence-corrected chi connectivity index (χ3v) is 5.31. The first-order chi connectivity index (χ1) is 13.0. The standard InChI is InChI=1S/C20H22ClN3O3/c1-14-12-15(21)2-4-17(14)23-16-3-5-18(22-13-16)19(25)24-8-6-20(7-9-24)26-10-11-27-20/h2-5,12-13,23H,6-11H2,1H3. The number of carbonyl (C=O) groups excluding carboxylic acids is 1. The van der Waals surface area contributed by atoms with Gasteiger partial charge in [0.05, 0.1) is 25.1 Å². The minimum absolute atomic E-state index is 0.0583. The van der Waals surface area contributed by atoms with Gasteiger partial charge in [0.2, 0.25) is 0 Å². The Balaban J connectivity index is 1.39. The molecular weight excluding hydrogens is 366 g/mol. The average Bonchev–Trinajstić information content (AvgIpc) is 3.13. The number of nitrogens with one attached hydrogen (secondary N) is 1. The molecule has 1 N–H and O–H groups in total. The molecule has 4 rings (SSSR count). The molecule has 142 valence electrons. The van der Waals surface area contributed by atoms with Crippen molar-refractivity contribution in [2.75, 3.05) is 31.6 Å². The van der Waals surface area contributed by atoms with E-state index in [0.29, 0.717) is 49.9 Å². The molecule has 6 nitrogen and oxygen atoms in total. The third-order valence-electron chi connectivity index (χ3n) is 5.08. The maximum Gasteiger partial charge on any atom is 0.272 e. The highest BCUT2D eigenvalue weighted by Crippen LogP contribution is 2.31. The lowest BCUT2D eigenvalue weighted by Crippen LogP contribution is -2.47. The molecule has 7 heteroatoms. The number of aryl methyl sites for hydroxylation is 1. The van der Waals surface area contributed by atoms with Crippen LogP contribution in [-0.4, -0.2) is 47.9 Å². The molecule has 0 aliphatic carbocycles. The number of hydrogen-bond acceptors (Lipinski definition) is 5. The smallest absolute Gasteiger partial charge is 0.272 e. The number of anilines is 2. The number of hydrogen-bond donors (Lipinski definition) is 1. The molecule has 0 unspecified atom stereocenters. The quantitative estimate of drug-likeness (QED) is 0.868. The third kappa shape index (κ3) is 3.93. The van der Waals surface area contributed by atoms with Crippen LogP contribution in [0.15, 0.2) is 36.5 Å². The zero-order chi connectivity index (χ0) is 18.9. The molecule has 1 spiro atoms. The number of halogens is 1. The molecule has 2 saturated heterocycles. The van der Waals surface area contributed by atoms with Crippen molar-refractivity contribution in [3.05, 3.63) is 52.8 Å². The van der Waals surface area contributed by atoms with Crippen LogP contribution in [0.1, 0.15) is 28.9 Å². The van der Waals surface area contributed by atoms with Gasteiger partial charge in [0.15, 0.2) is 5.79 Å². The molecule has 2 aliphatic heterocycles. The summed E-state index contributed by atoms with van der Waals surface area (Å²) in [5, 5.41) is 4.00. The van der Waals surface area contributed by atoms with Gasteiger partial charge < -0.3 is 19.7 Å². The van der Waals surface area contributed by atoms with Gasteiger partial charge >= 0.3 is 0 Å². The number of piperidine rings is 1. The molecule has 0 radical (unpaired) electrons. The summed E-state index contributed by atoms with van der Waals surface area (Å²) in [4.78, 5) is 18.9. The molecule has 1 amide bonds. The van der Waals surface area contributed by atoms with Gasteiger partial charge in [-0.15, -0.1) is 0 Å². The first-order valence-electron chi connectivity index (χ1n) is 9.11. The van der Waals surface area contributed by atoms with Crippen LogP contribution in [0.4, 0.5) is 11.4 Å². The normalized spacial score (nSPS) is 18.7. The molecule has 1 aromatic heterocycles. The number of aromatic nitrogens is 1. The van der Waals surface area contributed by atoms with Crippen LogP contribution in [0.2, 0.25) is 5.02 Å². The minimum atomic E-state index is -0.478. The van der Waals surface area contributed by atoms with Crippen LogP contribution < -0.4 is 5.32 Å². The van der Waals surface area contributed by atoms with E-state index in [1.807, 2.05) is 36.1 Å². The number of likely N-dealkylation sites (tertiary alicyclic amines) is 1. The summed E-state index contributed by atoms with van der Waals surface area (Å²) < 4.78 is 11.4. The fraction of sp³-hybridized carbons (Fsp3) is 0.400. The number of benzene rings is 1. The number of ether oxygens (including phenoxy) is 2. The summed E-state index contributed by atoms with van der Waals surface area (Å²) in [6.45, 7) is 4.49. The Bertz CT molecular complexity index is 825. The van der Waals surface area contributed by atoms with Gasteiger partial charge in [0.25, 0.3) is 5.91 Å². The predicted octanol–water partition coefficient (Wildman–Crippen LogP) is 3.77. The largest absolute Gasteiger partial charge is 0.354 e. The molecular formula is C20H22ClN3O3. The van der Waals surface area contributed by atoms with Crippen molar-refractivity contribution < 1.29 is 14.3 Å². The van der Waals surface area contributed by atoms with Gasteiger partial charge in [-0.05, 0) is 42.8 Å². The molecule has 2 aliphatic rings. The van der Waals surface area contributed by atoms with Gasteiger partial charge in [-0.2, -0.15) is 0 Å². The molecule has 0 saturated carbocycles. The second kappa shape index (κ2) is 7.46. The van der Waals surface area contributed by atoms with E-state index in [1.165, 1.54) is 0 Å². The zero-order valence-electron chi connectivity index (χ0n) is 15.2. The van der Waals surface area contributed by atoms with Crippen molar-refractivity contribution in [1.29, 1.82) is 0 Å². The van der Waals surface area contributed by atoms with E-state index in [9.17, 15) is 4.79 Å². The van der Waals surface area contributed by atoms with Gasteiger partial charge in [-0.25, -0.2) is 4.98 Å². The second-order valence-corrected chi connectivity index (χ2v) is 7.35. The van der Waals surface area contributed by atoms with Gasteiger partial charge in [0, 0.05) is 36.6 Å². The summed E-state index contributed by atoms with van der Waals surface area (Å²) in [6.07, 6.45) is 3.08. The summed E-state index contributed by atoms with van der Waals surface area (Å²) in [5.41, 5.74) is 3.26. The number of pyridine rings is 1. The molecule has 2 fully saturated rings. The Labute approximate surface area is 163 Å². The van der Waals surface area contributed by atoms with Crippen molar-refractivity contribution in [2.24, 2.45) is 0 Å². The highest BCUT2D eigenvalue weighted by molar-refractivity contribution is 6.30. The van der Waals surface area contributed by atoms with E-state index >= 15 is 0 Å². The Morgan fingerprint density at radius 2 is 1.93 bits per heavy atom. The lowest BCUT2D eigenvalue weighted by Gasteiger charge is -2.37. The highest BCUT2D eigenvalue weighted by Gasteiger charge is 2.40. The van der Waals surface area contributed by atoms with E-state index in [4.69, 9.17) is 21.1 Å². The van der Waals surface area contributed by atoms with Crippen LogP contribution in [0, 0.1) is 6.92 Å². The summed E-state index contributed by atoms with van der Waals surface area (Å²) in [6, 6.07) is 9.28. The van der Waals surface area contributed by atoms with E-state index in [-0.39, 0.29) is 5.91 Å². The monoisotopic (exact) mass is 387 g/mol. The van der Waals surface area contributed by atoms with Crippen LogP contribution in [0.25, 0.3) is 0 Å². The maximum atomic E-state index is 12.7. The molecule has 2 aromatic rings. The molecule has 0 bridgehead atoms. The van der Waals surface area contributed by atoms with E-state index < -0.39 is 5.79 Å². The first-order valence-corrected chi connectivity index (χ1v) is 9.49. The minimum Gasteiger partial charge on any atom is -0.354 e. The molecule has 1 aromatic carbocycles. The maximum absolute atomic E-state index is 12.7. The fourth-order valence-corrected chi connectivity index (χ4v) is 3.74. The Kier molecular flexibility index (Phi) is 5.04. The van der Waals surface area contributed by atoms with Crippen LogP contribution in [0.3, 0.4) is 0 Å². The van der Waals surface area contributed by atoms with Crippen LogP contribution >= 0.6 is 11.6 Å². The highest BCUT2D eigenvalue weighted by atomic mass is 35.5. The van der Waals surface area contributed by atoms with Crippen molar-refractivity contribution >= 4 is 28.9 Å². The van der Waals surface area contributed by atoms with E-state index in [1.54, 1.807) is 12.3 Å². The van der Waals surface area contributed by atoms with Gasteiger partial charge in [-0.3, -0.25) is 4.79 Å². The first kappa shape index (κ1) is 18.2. The van der Waals surface area contributed by atoms with E-state index in [0.717, 1.165) is 16.9 Å².